The number of halogens is 3. The van der Waals surface area contributed by atoms with Crippen molar-refractivity contribution in [2.45, 2.75) is 38.8 Å². The van der Waals surface area contributed by atoms with E-state index in [2.05, 4.69) is 15.6 Å². The van der Waals surface area contributed by atoms with E-state index in [0.29, 0.717) is 51.3 Å². The number of hydrogen-bond acceptors (Lipinski definition) is 4. The van der Waals surface area contributed by atoms with E-state index in [1.807, 2.05) is 6.92 Å². The minimum absolute atomic E-state index is 0.0592. The molecule has 0 atom stereocenters. The van der Waals surface area contributed by atoms with Crippen molar-refractivity contribution in [2.75, 3.05) is 66.6 Å². The topological polar surface area (TPSA) is 69.2 Å². The highest BCUT2D eigenvalue weighted by molar-refractivity contribution is 5.84. The summed E-state index contributed by atoms with van der Waals surface area (Å²) >= 11 is 0. The Morgan fingerprint density at radius 1 is 1.21 bits per heavy atom. The number of hydrogen-bond donors (Lipinski definition) is 2. The molecule has 1 saturated heterocycles. The number of alkyl halides is 3. The van der Waals surface area contributed by atoms with Crippen molar-refractivity contribution in [2.24, 2.45) is 10.9 Å². The third-order valence-electron chi connectivity index (χ3n) is 4.79. The highest BCUT2D eigenvalue weighted by atomic mass is 19.4. The van der Waals surface area contributed by atoms with Crippen LogP contribution >= 0.6 is 0 Å². The highest BCUT2D eigenvalue weighted by Gasteiger charge is 2.32. The Balaban J connectivity index is 2.36. The van der Waals surface area contributed by atoms with Gasteiger partial charge in [-0.05, 0) is 51.6 Å². The lowest BCUT2D eigenvalue weighted by Gasteiger charge is -2.32. The molecule has 0 radical (unpaired) electrons. The van der Waals surface area contributed by atoms with Gasteiger partial charge in [0.25, 0.3) is 0 Å². The lowest BCUT2D eigenvalue weighted by molar-refractivity contribution is -0.148. The number of carbonyl (C=O) groups is 1. The number of ether oxygens (including phenoxy) is 1. The average molecular weight is 424 g/mol. The van der Waals surface area contributed by atoms with Gasteiger partial charge in [0.1, 0.15) is 6.54 Å². The number of carbonyl (C=O) groups excluding carboxylic acids is 1. The van der Waals surface area contributed by atoms with Crippen LogP contribution in [0.2, 0.25) is 0 Å². The largest absolute Gasteiger partial charge is 0.401 e. The van der Waals surface area contributed by atoms with Gasteiger partial charge < -0.3 is 20.3 Å². The molecule has 10 heteroatoms. The van der Waals surface area contributed by atoms with E-state index >= 15 is 0 Å². The second kappa shape index (κ2) is 13.6. The van der Waals surface area contributed by atoms with Gasteiger partial charge in [0.2, 0.25) is 5.91 Å². The first-order chi connectivity index (χ1) is 13.7. The molecule has 1 aliphatic rings. The van der Waals surface area contributed by atoms with E-state index in [4.69, 9.17) is 4.74 Å². The summed E-state index contributed by atoms with van der Waals surface area (Å²) in [4.78, 5) is 19.1. The van der Waals surface area contributed by atoms with Crippen LogP contribution in [0.5, 0.6) is 0 Å². The maximum Gasteiger partial charge on any atom is 0.401 e. The van der Waals surface area contributed by atoms with Gasteiger partial charge in [0.05, 0.1) is 6.54 Å². The second-order valence-corrected chi connectivity index (χ2v) is 7.48. The van der Waals surface area contributed by atoms with Crippen LogP contribution in [0.25, 0.3) is 0 Å². The Morgan fingerprint density at radius 2 is 1.86 bits per heavy atom. The number of piperidine rings is 1. The molecule has 0 aromatic carbocycles. The van der Waals surface area contributed by atoms with Crippen molar-refractivity contribution in [1.29, 1.82) is 0 Å². The van der Waals surface area contributed by atoms with Crippen molar-refractivity contribution in [1.82, 2.24) is 20.4 Å². The summed E-state index contributed by atoms with van der Waals surface area (Å²) in [5.41, 5.74) is 0. The zero-order chi connectivity index (χ0) is 21.7. The van der Waals surface area contributed by atoms with Crippen molar-refractivity contribution in [3.63, 3.8) is 0 Å². The fraction of sp³-hybridized carbons (Fsp3) is 0.895. The molecule has 0 aromatic rings. The van der Waals surface area contributed by atoms with E-state index in [0.717, 1.165) is 25.7 Å². The van der Waals surface area contributed by atoms with E-state index < -0.39 is 12.7 Å². The highest BCUT2D eigenvalue weighted by Crippen LogP contribution is 2.23. The summed E-state index contributed by atoms with van der Waals surface area (Å²) in [6.07, 6.45) is -0.900. The molecule has 1 rings (SSSR count). The molecule has 0 aromatic heterocycles. The number of likely N-dealkylation sites (N-methyl/N-ethyl adjacent to an activating group) is 1. The summed E-state index contributed by atoms with van der Waals surface area (Å²) in [5.74, 6) is 0.887. The lowest BCUT2D eigenvalue weighted by Crippen LogP contribution is -2.42. The van der Waals surface area contributed by atoms with Gasteiger partial charge in [-0.3, -0.25) is 9.69 Å². The summed E-state index contributed by atoms with van der Waals surface area (Å²) in [7, 11) is 3.37. The molecule has 7 nitrogen and oxygen atoms in total. The van der Waals surface area contributed by atoms with E-state index in [1.54, 1.807) is 14.1 Å². The minimum Gasteiger partial charge on any atom is -0.382 e. The molecule has 0 spiro atoms. The van der Waals surface area contributed by atoms with Crippen molar-refractivity contribution in [3.05, 3.63) is 0 Å². The molecule has 0 bridgehead atoms. The van der Waals surface area contributed by atoms with Crippen LogP contribution in [0.15, 0.2) is 4.99 Å². The lowest BCUT2D eigenvalue weighted by atomic mass is 9.93. The Morgan fingerprint density at radius 3 is 2.45 bits per heavy atom. The van der Waals surface area contributed by atoms with Crippen LogP contribution in [0.1, 0.15) is 32.6 Å². The first-order valence-electron chi connectivity index (χ1n) is 10.3. The first-order valence-corrected chi connectivity index (χ1v) is 10.3. The van der Waals surface area contributed by atoms with Crippen LogP contribution in [0.4, 0.5) is 13.2 Å². The van der Waals surface area contributed by atoms with Crippen LogP contribution < -0.4 is 10.6 Å². The fourth-order valence-electron chi connectivity index (χ4n) is 3.07. The summed E-state index contributed by atoms with van der Waals surface area (Å²) < 4.78 is 42.7. The van der Waals surface area contributed by atoms with Gasteiger partial charge in [-0.2, -0.15) is 13.2 Å². The number of aliphatic imine (C=N–C) groups is 1. The van der Waals surface area contributed by atoms with Gasteiger partial charge in [-0.1, -0.05) is 0 Å². The third kappa shape index (κ3) is 12.6. The summed E-state index contributed by atoms with van der Waals surface area (Å²) in [6, 6.07) is 0. The number of guanidine groups is 1. The third-order valence-corrected chi connectivity index (χ3v) is 4.79. The van der Waals surface area contributed by atoms with Crippen LogP contribution in [0.3, 0.4) is 0 Å². The number of amides is 1. The number of likely N-dealkylation sites (tertiary alicyclic amines) is 1. The quantitative estimate of drug-likeness (QED) is 0.301. The van der Waals surface area contributed by atoms with E-state index in [9.17, 15) is 18.0 Å². The van der Waals surface area contributed by atoms with Crippen LogP contribution in [0, 0.1) is 5.92 Å². The maximum absolute atomic E-state index is 12.5. The van der Waals surface area contributed by atoms with Crippen LogP contribution in [-0.4, -0.2) is 94.4 Å². The minimum atomic E-state index is -4.13. The van der Waals surface area contributed by atoms with Crippen molar-refractivity contribution in [3.8, 4) is 0 Å². The molecule has 2 N–H and O–H groups in total. The predicted molar refractivity (Wildman–Crippen MR) is 108 cm³/mol. The summed E-state index contributed by atoms with van der Waals surface area (Å²) in [6.45, 7) is 4.83. The van der Waals surface area contributed by atoms with Gasteiger partial charge >= 0.3 is 6.18 Å². The molecule has 29 heavy (non-hydrogen) atoms. The maximum atomic E-state index is 12.5. The average Bonchev–Trinajstić information content (AvgIpc) is 2.65. The predicted octanol–water partition coefficient (Wildman–Crippen LogP) is 1.70. The second-order valence-electron chi connectivity index (χ2n) is 7.48. The molecule has 1 heterocycles. The molecular weight excluding hydrogens is 387 g/mol. The molecular formula is C19H36F3N5O2. The fourth-order valence-corrected chi connectivity index (χ4v) is 3.07. The Bertz CT molecular complexity index is 493. The molecule has 1 fully saturated rings. The van der Waals surface area contributed by atoms with Crippen molar-refractivity contribution < 1.29 is 22.7 Å². The standard InChI is InChI=1S/C19H36F3N5O2/c1-4-29-13-5-9-23-18(25-14-17(28)26(2)3)24-10-6-16-7-11-27(12-8-16)15-19(20,21)22/h16H,4-15H2,1-3H3,(H2,23,24,25). The Labute approximate surface area is 172 Å². The molecule has 170 valence electrons. The smallest absolute Gasteiger partial charge is 0.382 e. The van der Waals surface area contributed by atoms with E-state index in [-0.39, 0.29) is 12.5 Å². The Hall–Kier alpha value is -1.55. The number of nitrogens with zero attached hydrogens (tertiary/aromatic N) is 3. The molecule has 1 amide bonds. The zero-order valence-corrected chi connectivity index (χ0v) is 17.9. The molecule has 0 unspecified atom stereocenters. The van der Waals surface area contributed by atoms with Gasteiger partial charge in [-0.25, -0.2) is 4.99 Å². The van der Waals surface area contributed by atoms with Crippen molar-refractivity contribution >= 4 is 11.9 Å². The normalized spacial score (nSPS) is 16.7. The molecule has 0 saturated carbocycles. The SMILES string of the molecule is CCOCCCNC(=NCC(=O)N(C)C)NCCC1CCN(CC(F)(F)F)CC1. The Kier molecular flexibility index (Phi) is 12.0. The molecule has 1 aliphatic heterocycles. The van der Waals surface area contributed by atoms with Gasteiger partial charge in [0, 0.05) is 40.4 Å². The first kappa shape index (κ1) is 25.5. The van der Waals surface area contributed by atoms with Crippen LogP contribution in [-0.2, 0) is 9.53 Å². The summed E-state index contributed by atoms with van der Waals surface area (Å²) in [5, 5.41) is 6.43. The van der Waals surface area contributed by atoms with Gasteiger partial charge in [0.15, 0.2) is 5.96 Å². The monoisotopic (exact) mass is 423 g/mol. The number of rotatable bonds is 11. The zero-order valence-electron chi connectivity index (χ0n) is 17.9. The molecule has 0 aliphatic carbocycles. The number of nitrogens with one attached hydrogen (secondary N) is 2. The van der Waals surface area contributed by atoms with Gasteiger partial charge in [-0.15, -0.1) is 0 Å². The van der Waals surface area contributed by atoms with E-state index in [1.165, 1.54) is 9.80 Å².